The van der Waals surface area contributed by atoms with E-state index < -0.39 is 10.0 Å². The third kappa shape index (κ3) is 5.49. The van der Waals surface area contributed by atoms with E-state index in [1.807, 2.05) is 30.0 Å². The van der Waals surface area contributed by atoms with E-state index in [0.29, 0.717) is 36.2 Å². The van der Waals surface area contributed by atoms with E-state index in [-0.39, 0.29) is 23.4 Å². The fourth-order valence-corrected chi connectivity index (χ4v) is 5.32. The van der Waals surface area contributed by atoms with Crippen molar-refractivity contribution < 1.29 is 13.2 Å². The van der Waals surface area contributed by atoms with Gasteiger partial charge in [-0.2, -0.15) is 4.31 Å². The smallest absolute Gasteiger partial charge is 0.243 e. The van der Waals surface area contributed by atoms with Crippen LogP contribution in [0.4, 0.5) is 0 Å². The third-order valence-corrected chi connectivity index (χ3v) is 7.36. The maximum Gasteiger partial charge on any atom is 0.243 e. The number of amides is 1. The summed E-state index contributed by atoms with van der Waals surface area (Å²) in [5.41, 5.74) is 0.861. The maximum absolute atomic E-state index is 12.8. The number of halogens is 2. The summed E-state index contributed by atoms with van der Waals surface area (Å²) in [6.45, 7) is 3.69. The van der Waals surface area contributed by atoms with Crippen LogP contribution in [-0.4, -0.2) is 56.3 Å². The van der Waals surface area contributed by atoms with Gasteiger partial charge >= 0.3 is 0 Å². The van der Waals surface area contributed by atoms with Crippen LogP contribution in [0.2, 0.25) is 10.0 Å². The Hall–Kier alpha value is -1.64. The van der Waals surface area contributed by atoms with E-state index in [1.165, 1.54) is 16.4 Å². The number of hydrogen-bond donors (Lipinski definition) is 1. The number of benzene rings is 2. The molecule has 1 unspecified atom stereocenters. The molecular weight excluding hydrogens is 433 g/mol. The molecule has 0 aromatic heterocycles. The summed E-state index contributed by atoms with van der Waals surface area (Å²) >= 11 is 12.1. The molecule has 29 heavy (non-hydrogen) atoms. The second-order valence-corrected chi connectivity index (χ2v) is 9.73. The summed E-state index contributed by atoms with van der Waals surface area (Å²) in [6, 6.07) is 13.4. The van der Waals surface area contributed by atoms with E-state index in [4.69, 9.17) is 23.2 Å². The summed E-state index contributed by atoms with van der Waals surface area (Å²) in [4.78, 5) is 14.5. The molecule has 3 rings (SSSR count). The molecule has 1 amide bonds. The summed E-state index contributed by atoms with van der Waals surface area (Å²) in [6.07, 6.45) is 0. The van der Waals surface area contributed by atoms with Gasteiger partial charge in [0.15, 0.2) is 0 Å². The van der Waals surface area contributed by atoms with E-state index in [9.17, 15) is 13.2 Å². The van der Waals surface area contributed by atoms with Crippen LogP contribution in [0, 0.1) is 0 Å². The molecule has 1 N–H and O–H groups in total. The lowest BCUT2D eigenvalue weighted by molar-refractivity contribution is -0.123. The molecule has 6 nitrogen and oxygen atoms in total. The molecule has 0 radical (unpaired) electrons. The monoisotopic (exact) mass is 455 g/mol. The summed E-state index contributed by atoms with van der Waals surface area (Å²) < 4.78 is 26.9. The molecule has 0 spiro atoms. The minimum absolute atomic E-state index is 0.122. The number of rotatable bonds is 6. The Morgan fingerprint density at radius 3 is 2.41 bits per heavy atom. The number of carbonyl (C=O) groups excluding carboxylic acids is 1. The molecule has 1 saturated heterocycles. The Bertz CT molecular complexity index is 976. The van der Waals surface area contributed by atoms with E-state index >= 15 is 0 Å². The van der Waals surface area contributed by atoms with Gasteiger partial charge in [-0.15, -0.1) is 0 Å². The first-order valence-corrected chi connectivity index (χ1v) is 11.5. The van der Waals surface area contributed by atoms with Gasteiger partial charge in [0.2, 0.25) is 15.9 Å². The van der Waals surface area contributed by atoms with Crippen LogP contribution in [0.5, 0.6) is 0 Å². The first-order chi connectivity index (χ1) is 13.8. The van der Waals surface area contributed by atoms with E-state index in [0.717, 1.165) is 5.56 Å². The van der Waals surface area contributed by atoms with Crippen LogP contribution in [-0.2, 0) is 14.8 Å². The minimum Gasteiger partial charge on any atom is -0.348 e. The largest absolute Gasteiger partial charge is 0.348 e. The number of nitrogens with zero attached hydrogens (tertiary/aromatic N) is 2. The molecule has 1 heterocycles. The molecular formula is C20H23Cl2N3O3S. The molecule has 0 saturated carbocycles. The molecule has 156 valence electrons. The lowest BCUT2D eigenvalue weighted by atomic mass is 10.1. The molecule has 1 fully saturated rings. The Labute approximate surface area is 181 Å². The number of carbonyl (C=O) groups is 1. The Morgan fingerprint density at radius 1 is 1.07 bits per heavy atom. The Kier molecular flexibility index (Phi) is 7.19. The van der Waals surface area contributed by atoms with Crippen LogP contribution in [0.3, 0.4) is 0 Å². The van der Waals surface area contributed by atoms with Gasteiger partial charge in [0.25, 0.3) is 0 Å². The zero-order chi connectivity index (χ0) is 21.0. The molecule has 9 heteroatoms. The van der Waals surface area contributed by atoms with Crippen molar-refractivity contribution >= 4 is 39.1 Å². The second kappa shape index (κ2) is 9.45. The Balaban J connectivity index is 1.53. The minimum atomic E-state index is -3.59. The van der Waals surface area contributed by atoms with Crippen molar-refractivity contribution in [3.05, 3.63) is 64.1 Å². The number of piperazine rings is 1. The van der Waals surface area contributed by atoms with Gasteiger partial charge in [-0.05, 0) is 36.8 Å². The van der Waals surface area contributed by atoms with Crippen molar-refractivity contribution in [3.8, 4) is 0 Å². The van der Waals surface area contributed by atoms with Crippen LogP contribution in [0.15, 0.2) is 53.4 Å². The molecule has 1 aliphatic heterocycles. The molecule has 0 aliphatic carbocycles. The second-order valence-electron chi connectivity index (χ2n) is 6.95. The van der Waals surface area contributed by atoms with Crippen LogP contribution >= 0.6 is 23.2 Å². The van der Waals surface area contributed by atoms with Crippen molar-refractivity contribution in [3.63, 3.8) is 0 Å². The predicted molar refractivity (Wildman–Crippen MR) is 115 cm³/mol. The average Bonchev–Trinajstić information content (AvgIpc) is 2.68. The quantitative estimate of drug-likeness (QED) is 0.725. The highest BCUT2D eigenvalue weighted by Crippen LogP contribution is 2.23. The lowest BCUT2D eigenvalue weighted by Gasteiger charge is -2.33. The topological polar surface area (TPSA) is 69.7 Å². The standard InChI is InChI=1S/C20H23Cl2N3O3S/c1-15(18-7-2-3-8-19(18)22)23-20(26)14-24-9-11-25(12-10-24)29(27,28)17-6-4-5-16(21)13-17/h2-8,13,15H,9-12,14H2,1H3,(H,23,26). The average molecular weight is 456 g/mol. The normalized spacial score (nSPS) is 17.1. The zero-order valence-electron chi connectivity index (χ0n) is 16.0. The van der Waals surface area contributed by atoms with Gasteiger partial charge < -0.3 is 5.32 Å². The van der Waals surface area contributed by atoms with Crippen molar-refractivity contribution in [2.24, 2.45) is 0 Å². The predicted octanol–water partition coefficient (Wildman–Crippen LogP) is 3.18. The molecule has 0 bridgehead atoms. The lowest BCUT2D eigenvalue weighted by Crippen LogP contribution is -2.51. The van der Waals surface area contributed by atoms with Crippen LogP contribution in [0.1, 0.15) is 18.5 Å². The zero-order valence-corrected chi connectivity index (χ0v) is 18.3. The van der Waals surface area contributed by atoms with E-state index in [1.54, 1.807) is 18.2 Å². The van der Waals surface area contributed by atoms with Crippen LogP contribution in [0.25, 0.3) is 0 Å². The maximum atomic E-state index is 12.8. The fourth-order valence-electron chi connectivity index (χ4n) is 3.30. The summed E-state index contributed by atoms with van der Waals surface area (Å²) in [5.74, 6) is -0.122. The van der Waals surface area contributed by atoms with Crippen molar-refractivity contribution in [1.82, 2.24) is 14.5 Å². The summed E-state index contributed by atoms with van der Waals surface area (Å²) in [5, 5.41) is 3.94. The number of hydrogen-bond acceptors (Lipinski definition) is 4. The molecule has 1 atom stereocenters. The van der Waals surface area contributed by atoms with Crippen molar-refractivity contribution in [1.29, 1.82) is 0 Å². The summed E-state index contributed by atoms with van der Waals surface area (Å²) in [7, 11) is -3.59. The van der Waals surface area contributed by atoms with Crippen molar-refractivity contribution in [2.75, 3.05) is 32.7 Å². The number of sulfonamides is 1. The van der Waals surface area contributed by atoms with Gasteiger partial charge in [-0.3, -0.25) is 9.69 Å². The van der Waals surface area contributed by atoms with Gasteiger partial charge in [-0.25, -0.2) is 8.42 Å². The van der Waals surface area contributed by atoms with Gasteiger partial charge in [0.05, 0.1) is 17.5 Å². The third-order valence-electron chi connectivity index (χ3n) is 4.88. The van der Waals surface area contributed by atoms with Gasteiger partial charge in [0, 0.05) is 36.2 Å². The molecule has 2 aromatic rings. The molecule has 1 aliphatic rings. The van der Waals surface area contributed by atoms with Gasteiger partial charge in [-0.1, -0.05) is 47.5 Å². The van der Waals surface area contributed by atoms with Crippen LogP contribution < -0.4 is 5.32 Å². The Morgan fingerprint density at radius 2 is 1.76 bits per heavy atom. The van der Waals surface area contributed by atoms with Gasteiger partial charge in [0.1, 0.15) is 0 Å². The highest BCUT2D eigenvalue weighted by molar-refractivity contribution is 7.89. The highest BCUT2D eigenvalue weighted by Gasteiger charge is 2.29. The SMILES string of the molecule is CC(NC(=O)CN1CCN(S(=O)(=O)c2cccc(Cl)c2)CC1)c1ccccc1Cl. The molecule has 2 aromatic carbocycles. The number of nitrogens with one attached hydrogen (secondary N) is 1. The fraction of sp³-hybridized carbons (Fsp3) is 0.350. The van der Waals surface area contributed by atoms with E-state index in [2.05, 4.69) is 5.32 Å². The highest BCUT2D eigenvalue weighted by atomic mass is 35.5. The van der Waals surface area contributed by atoms with Crippen molar-refractivity contribution in [2.45, 2.75) is 17.9 Å². The first kappa shape index (κ1) is 22.1. The first-order valence-electron chi connectivity index (χ1n) is 9.29.